The van der Waals surface area contributed by atoms with Gasteiger partial charge >= 0.3 is 12.0 Å². The van der Waals surface area contributed by atoms with E-state index >= 15 is 0 Å². The van der Waals surface area contributed by atoms with Gasteiger partial charge in [0.25, 0.3) is 0 Å². The van der Waals surface area contributed by atoms with Gasteiger partial charge in [0, 0.05) is 16.8 Å². The van der Waals surface area contributed by atoms with Gasteiger partial charge in [-0.05, 0) is 12.1 Å². The maximum Gasteiger partial charge on any atom is 0.355 e. The lowest BCUT2D eigenvalue weighted by Gasteiger charge is -2.10. The van der Waals surface area contributed by atoms with Gasteiger partial charge < -0.3 is 15.3 Å². The fraction of sp³-hybridized carbons (Fsp3) is 0. The third kappa shape index (κ3) is 2.86. The van der Waals surface area contributed by atoms with E-state index in [1.807, 2.05) is 5.48 Å². The van der Waals surface area contributed by atoms with Crippen LogP contribution in [0.15, 0.2) is 49.1 Å². The van der Waals surface area contributed by atoms with Gasteiger partial charge in [-0.2, -0.15) is 5.48 Å². The molecule has 0 radical (unpaired) electrons. The van der Waals surface area contributed by atoms with Crippen LogP contribution in [-0.4, -0.2) is 17.1 Å². The molecule has 3 N–H and O–H groups in total. The van der Waals surface area contributed by atoms with Crippen LogP contribution in [0.3, 0.4) is 0 Å². The summed E-state index contributed by atoms with van der Waals surface area (Å²) in [6.45, 7) is 3.20. The van der Waals surface area contributed by atoms with E-state index in [-0.39, 0.29) is 5.75 Å². The van der Waals surface area contributed by atoms with E-state index in [1.165, 1.54) is 0 Å². The number of anilines is 1. The molecule has 0 unspecified atom stereocenters. The van der Waals surface area contributed by atoms with Gasteiger partial charge in [0.15, 0.2) is 0 Å². The minimum absolute atomic E-state index is 0.115. The van der Waals surface area contributed by atoms with Crippen LogP contribution >= 0.6 is 0 Å². The summed E-state index contributed by atoms with van der Waals surface area (Å²) in [6, 6.07) is 9.34. The minimum Gasteiger partial charge on any atom is -0.507 e. The standard InChI is InChI=1S/C14H12N2O4/c1-2-13(18)20-16-14(19)15-11-7-3-6-10-9(11)5-4-8-12(10)17/h2-8,17H,1H2,(H2,15,16,19). The second kappa shape index (κ2) is 5.75. The molecule has 20 heavy (non-hydrogen) atoms. The summed E-state index contributed by atoms with van der Waals surface area (Å²) < 4.78 is 0. The quantitative estimate of drug-likeness (QED) is 0.578. The Bertz CT molecular complexity index is 682. The number of carbonyl (C=O) groups is 2. The van der Waals surface area contributed by atoms with Crippen LogP contribution in [0, 0.1) is 0 Å². The highest BCUT2D eigenvalue weighted by Crippen LogP contribution is 2.29. The molecule has 0 heterocycles. The number of phenolic OH excluding ortho intramolecular Hbond substituents is 1. The van der Waals surface area contributed by atoms with E-state index in [9.17, 15) is 14.7 Å². The number of nitrogens with one attached hydrogen (secondary N) is 2. The first-order chi connectivity index (χ1) is 9.61. The molecule has 0 fully saturated rings. The van der Waals surface area contributed by atoms with E-state index in [1.54, 1.807) is 36.4 Å². The lowest BCUT2D eigenvalue weighted by Crippen LogP contribution is -2.30. The molecule has 6 nitrogen and oxygen atoms in total. The van der Waals surface area contributed by atoms with Gasteiger partial charge in [0.1, 0.15) is 5.75 Å². The molecule has 102 valence electrons. The third-order valence-corrected chi connectivity index (χ3v) is 2.56. The number of phenols is 1. The largest absolute Gasteiger partial charge is 0.507 e. The fourth-order valence-electron chi connectivity index (χ4n) is 1.69. The fourth-order valence-corrected chi connectivity index (χ4v) is 1.69. The topological polar surface area (TPSA) is 87.7 Å². The summed E-state index contributed by atoms with van der Waals surface area (Å²) in [5.41, 5.74) is 2.41. The Morgan fingerprint density at radius 2 is 1.85 bits per heavy atom. The smallest absolute Gasteiger partial charge is 0.355 e. The van der Waals surface area contributed by atoms with E-state index in [4.69, 9.17) is 0 Å². The Kier molecular flexibility index (Phi) is 3.85. The summed E-state index contributed by atoms with van der Waals surface area (Å²) in [5, 5.41) is 13.5. The Balaban J connectivity index is 2.18. The summed E-state index contributed by atoms with van der Waals surface area (Å²) in [5.74, 6) is -0.652. The molecule has 0 saturated carbocycles. The van der Waals surface area contributed by atoms with Crippen LogP contribution in [0.4, 0.5) is 10.5 Å². The lowest BCUT2D eigenvalue weighted by molar-refractivity contribution is -0.142. The summed E-state index contributed by atoms with van der Waals surface area (Å²) in [6.07, 6.45) is 0.927. The molecule has 0 atom stereocenters. The van der Waals surface area contributed by atoms with Crippen LogP contribution in [0.1, 0.15) is 0 Å². The van der Waals surface area contributed by atoms with Crippen molar-refractivity contribution in [2.24, 2.45) is 0 Å². The molecule has 0 bridgehead atoms. The van der Waals surface area contributed by atoms with Gasteiger partial charge in [-0.1, -0.05) is 30.8 Å². The molecule has 2 aromatic carbocycles. The van der Waals surface area contributed by atoms with Crippen LogP contribution in [-0.2, 0) is 9.63 Å². The number of rotatable bonds is 2. The molecule has 2 aromatic rings. The molecular weight excluding hydrogens is 260 g/mol. The molecule has 0 aliphatic carbocycles. The molecular formula is C14H12N2O4. The van der Waals surface area contributed by atoms with Crippen molar-refractivity contribution >= 4 is 28.5 Å². The first-order valence-electron chi connectivity index (χ1n) is 5.73. The van der Waals surface area contributed by atoms with Crippen molar-refractivity contribution in [2.75, 3.05) is 5.32 Å². The number of carbonyl (C=O) groups excluding carboxylic acids is 2. The van der Waals surface area contributed by atoms with E-state index < -0.39 is 12.0 Å². The summed E-state index contributed by atoms with van der Waals surface area (Å²) >= 11 is 0. The predicted molar refractivity (Wildman–Crippen MR) is 74.1 cm³/mol. The molecule has 0 saturated heterocycles. The average molecular weight is 272 g/mol. The Morgan fingerprint density at radius 1 is 1.15 bits per heavy atom. The lowest BCUT2D eigenvalue weighted by atomic mass is 10.1. The Labute approximate surface area is 114 Å². The minimum atomic E-state index is -0.768. The van der Waals surface area contributed by atoms with E-state index in [2.05, 4.69) is 16.7 Å². The molecule has 2 amide bonds. The number of benzene rings is 2. The number of hydrogen-bond acceptors (Lipinski definition) is 4. The highest BCUT2D eigenvalue weighted by molar-refractivity contribution is 6.03. The van der Waals surface area contributed by atoms with Gasteiger partial charge in [-0.3, -0.25) is 0 Å². The van der Waals surface area contributed by atoms with Crippen LogP contribution in [0.25, 0.3) is 10.8 Å². The molecule has 6 heteroatoms. The maximum absolute atomic E-state index is 11.6. The zero-order valence-corrected chi connectivity index (χ0v) is 10.4. The molecule has 0 aromatic heterocycles. The third-order valence-electron chi connectivity index (χ3n) is 2.56. The number of aromatic hydroxyl groups is 1. The highest BCUT2D eigenvalue weighted by Gasteiger charge is 2.08. The predicted octanol–water partition coefficient (Wildman–Crippen LogP) is 2.31. The van der Waals surface area contributed by atoms with Crippen molar-refractivity contribution in [1.82, 2.24) is 5.48 Å². The zero-order valence-electron chi connectivity index (χ0n) is 10.4. The van der Waals surface area contributed by atoms with Crippen molar-refractivity contribution in [2.45, 2.75) is 0 Å². The van der Waals surface area contributed by atoms with Gasteiger partial charge in [0.05, 0.1) is 5.69 Å². The van der Waals surface area contributed by atoms with Gasteiger partial charge in [-0.15, -0.1) is 0 Å². The van der Waals surface area contributed by atoms with Gasteiger partial charge in [0.2, 0.25) is 0 Å². The first kappa shape index (κ1) is 13.4. The van der Waals surface area contributed by atoms with E-state index in [0.717, 1.165) is 6.08 Å². The van der Waals surface area contributed by atoms with Crippen molar-refractivity contribution in [3.05, 3.63) is 49.1 Å². The monoisotopic (exact) mass is 272 g/mol. The zero-order chi connectivity index (χ0) is 14.5. The SMILES string of the molecule is C=CC(=O)ONC(=O)Nc1cccc2c(O)cccc12. The molecule has 0 aliphatic heterocycles. The van der Waals surface area contributed by atoms with E-state index in [0.29, 0.717) is 16.5 Å². The second-order valence-electron chi connectivity index (χ2n) is 3.86. The Morgan fingerprint density at radius 3 is 2.60 bits per heavy atom. The van der Waals surface area contributed by atoms with Gasteiger partial charge in [-0.25, -0.2) is 9.59 Å². The number of fused-ring (bicyclic) bond motifs is 1. The summed E-state index contributed by atoms with van der Waals surface area (Å²) in [4.78, 5) is 26.8. The first-order valence-corrected chi connectivity index (χ1v) is 5.73. The maximum atomic E-state index is 11.6. The molecule has 0 spiro atoms. The number of hydroxylamine groups is 1. The second-order valence-corrected chi connectivity index (χ2v) is 3.86. The normalized spacial score (nSPS) is 9.80. The van der Waals surface area contributed by atoms with Crippen molar-refractivity contribution in [1.29, 1.82) is 0 Å². The highest BCUT2D eigenvalue weighted by atomic mass is 16.7. The molecule has 0 aliphatic rings. The number of urea groups is 1. The summed E-state index contributed by atoms with van der Waals surface area (Å²) in [7, 11) is 0. The van der Waals surface area contributed by atoms with Crippen LogP contribution in [0.2, 0.25) is 0 Å². The van der Waals surface area contributed by atoms with Crippen LogP contribution < -0.4 is 10.8 Å². The van der Waals surface area contributed by atoms with Crippen molar-refractivity contribution in [3.8, 4) is 5.75 Å². The number of hydrogen-bond donors (Lipinski definition) is 3. The number of amides is 2. The Hall–Kier alpha value is -3.02. The van der Waals surface area contributed by atoms with Crippen LogP contribution in [0.5, 0.6) is 5.75 Å². The molecule has 2 rings (SSSR count). The average Bonchev–Trinajstić information content (AvgIpc) is 2.46. The van der Waals surface area contributed by atoms with Crippen molar-refractivity contribution in [3.63, 3.8) is 0 Å². The van der Waals surface area contributed by atoms with Crippen molar-refractivity contribution < 1.29 is 19.5 Å².